The Hall–Kier alpha value is -1.88. The first-order chi connectivity index (χ1) is 11.6. The number of ether oxygens (including phenoxy) is 1. The van der Waals surface area contributed by atoms with E-state index in [1.54, 1.807) is 0 Å². The van der Waals surface area contributed by atoms with Gasteiger partial charge in [0.05, 0.1) is 18.9 Å². The highest BCUT2D eigenvalue weighted by Gasteiger charge is 2.49. The smallest absolute Gasteiger partial charge is 0.309 e. The monoisotopic (exact) mass is 330 g/mol. The quantitative estimate of drug-likeness (QED) is 0.841. The van der Waals surface area contributed by atoms with Crippen molar-refractivity contribution in [3.63, 3.8) is 0 Å². The molecular formula is C19H26N2O3. The summed E-state index contributed by atoms with van der Waals surface area (Å²) in [6.45, 7) is 4.19. The van der Waals surface area contributed by atoms with Crippen LogP contribution in [0.2, 0.25) is 0 Å². The number of likely N-dealkylation sites (tertiary alicyclic amines) is 1. The van der Waals surface area contributed by atoms with Crippen molar-refractivity contribution in [1.29, 1.82) is 0 Å². The summed E-state index contributed by atoms with van der Waals surface area (Å²) < 4.78 is 4.70. The molecular weight excluding hydrogens is 304 g/mol. The highest BCUT2D eigenvalue weighted by atomic mass is 16.5. The lowest BCUT2D eigenvalue weighted by atomic mass is 10.00. The summed E-state index contributed by atoms with van der Waals surface area (Å²) in [5, 5.41) is 3.12. The Morgan fingerprint density at radius 1 is 1.17 bits per heavy atom. The molecule has 5 nitrogen and oxygen atoms in total. The molecule has 1 saturated heterocycles. The average molecular weight is 330 g/mol. The normalized spacial score (nSPS) is 25.8. The Bertz CT molecular complexity index is 582. The van der Waals surface area contributed by atoms with Crippen LogP contribution in [0.1, 0.15) is 37.8 Å². The number of esters is 1. The number of rotatable bonds is 5. The zero-order chi connectivity index (χ0) is 17.1. The summed E-state index contributed by atoms with van der Waals surface area (Å²) in [6.07, 6.45) is 2.54. The van der Waals surface area contributed by atoms with E-state index < -0.39 is 0 Å². The second-order valence-corrected chi connectivity index (χ2v) is 6.88. The van der Waals surface area contributed by atoms with Gasteiger partial charge in [-0.2, -0.15) is 0 Å². The minimum Gasteiger partial charge on any atom is -0.469 e. The van der Waals surface area contributed by atoms with E-state index in [-0.39, 0.29) is 29.8 Å². The van der Waals surface area contributed by atoms with Gasteiger partial charge in [0.2, 0.25) is 5.91 Å². The van der Waals surface area contributed by atoms with Crippen LogP contribution >= 0.6 is 0 Å². The van der Waals surface area contributed by atoms with Crippen molar-refractivity contribution in [3.8, 4) is 0 Å². The number of benzene rings is 1. The molecule has 2 fully saturated rings. The zero-order valence-corrected chi connectivity index (χ0v) is 14.4. The number of methoxy groups -OCH3 is 1. The number of nitrogens with zero attached hydrogens (tertiary/aromatic N) is 1. The van der Waals surface area contributed by atoms with Crippen LogP contribution < -0.4 is 5.32 Å². The van der Waals surface area contributed by atoms with Gasteiger partial charge in [-0.15, -0.1) is 0 Å². The Labute approximate surface area is 143 Å². The summed E-state index contributed by atoms with van der Waals surface area (Å²) >= 11 is 0. The lowest BCUT2D eigenvalue weighted by Gasteiger charge is -2.36. The van der Waals surface area contributed by atoms with Crippen molar-refractivity contribution in [2.45, 2.75) is 38.3 Å². The molecule has 5 heteroatoms. The number of carbonyl (C=O) groups excluding carboxylic acids is 2. The summed E-state index contributed by atoms with van der Waals surface area (Å²) in [4.78, 5) is 26.1. The fourth-order valence-electron chi connectivity index (χ4n) is 3.58. The lowest BCUT2D eigenvalue weighted by molar-refractivity contribution is -0.143. The number of hydrogen-bond acceptors (Lipinski definition) is 4. The first-order valence-corrected chi connectivity index (χ1v) is 8.77. The van der Waals surface area contributed by atoms with Gasteiger partial charge in [-0.25, -0.2) is 0 Å². The van der Waals surface area contributed by atoms with Gasteiger partial charge in [0.1, 0.15) is 0 Å². The van der Waals surface area contributed by atoms with Crippen LogP contribution in [0.3, 0.4) is 0 Å². The zero-order valence-electron chi connectivity index (χ0n) is 14.4. The molecule has 0 radical (unpaired) electrons. The summed E-state index contributed by atoms with van der Waals surface area (Å²) in [7, 11) is 1.37. The van der Waals surface area contributed by atoms with Gasteiger partial charge in [-0.05, 0) is 31.7 Å². The minimum absolute atomic E-state index is 0.0138. The molecule has 0 spiro atoms. The number of amides is 1. The van der Waals surface area contributed by atoms with Crippen molar-refractivity contribution < 1.29 is 14.3 Å². The van der Waals surface area contributed by atoms with Gasteiger partial charge >= 0.3 is 5.97 Å². The van der Waals surface area contributed by atoms with Gasteiger partial charge < -0.3 is 10.1 Å². The maximum Gasteiger partial charge on any atom is 0.309 e. The van der Waals surface area contributed by atoms with E-state index in [1.165, 1.54) is 12.7 Å². The number of nitrogens with one attached hydrogen (secondary N) is 1. The standard InChI is InChI=1S/C19H26N2O3/c1-13(14-6-4-3-5-7-14)21-10-8-15(9-11-21)20-18(22)16-12-17(16)19(23)24-2/h3-7,13,15-17H,8-12H2,1-2H3,(H,20,22)/t13-,16+,17+/m1/s1. The van der Waals surface area contributed by atoms with Crippen LogP contribution in [-0.2, 0) is 14.3 Å². The van der Waals surface area contributed by atoms with Crippen molar-refractivity contribution in [2.75, 3.05) is 20.2 Å². The number of hydrogen-bond donors (Lipinski definition) is 1. The minimum atomic E-state index is -0.262. The molecule has 1 aromatic rings. The highest BCUT2D eigenvalue weighted by Crippen LogP contribution is 2.39. The van der Waals surface area contributed by atoms with E-state index >= 15 is 0 Å². The second kappa shape index (κ2) is 7.34. The molecule has 0 aromatic heterocycles. The molecule has 130 valence electrons. The topological polar surface area (TPSA) is 58.6 Å². The molecule has 1 aromatic carbocycles. The molecule has 0 bridgehead atoms. The van der Waals surface area contributed by atoms with Crippen LogP contribution in [0.15, 0.2) is 30.3 Å². The predicted octanol–water partition coefficient (Wildman–Crippen LogP) is 2.14. The third-order valence-corrected chi connectivity index (χ3v) is 5.34. The van der Waals surface area contributed by atoms with Crippen LogP contribution in [0.5, 0.6) is 0 Å². The van der Waals surface area contributed by atoms with Gasteiger partial charge in [0, 0.05) is 25.2 Å². The van der Waals surface area contributed by atoms with Crippen LogP contribution in [0.4, 0.5) is 0 Å². The van der Waals surface area contributed by atoms with Crippen molar-refractivity contribution in [1.82, 2.24) is 10.2 Å². The van der Waals surface area contributed by atoms with E-state index in [0.29, 0.717) is 12.5 Å². The van der Waals surface area contributed by atoms with Crippen LogP contribution in [0, 0.1) is 11.8 Å². The molecule has 1 amide bonds. The fraction of sp³-hybridized carbons (Fsp3) is 0.579. The molecule has 1 aliphatic heterocycles. The van der Waals surface area contributed by atoms with E-state index in [1.807, 2.05) is 6.07 Å². The molecule has 1 heterocycles. The van der Waals surface area contributed by atoms with E-state index in [2.05, 4.69) is 41.4 Å². The molecule has 3 atom stereocenters. The van der Waals surface area contributed by atoms with Crippen molar-refractivity contribution in [3.05, 3.63) is 35.9 Å². The first kappa shape index (κ1) is 17.0. The molecule has 2 aliphatic rings. The predicted molar refractivity (Wildman–Crippen MR) is 91.2 cm³/mol. The average Bonchev–Trinajstić information content (AvgIpc) is 3.43. The van der Waals surface area contributed by atoms with Gasteiger partial charge in [0.25, 0.3) is 0 Å². The molecule has 0 unspecified atom stereocenters. The molecule has 1 saturated carbocycles. The second-order valence-electron chi connectivity index (χ2n) is 6.88. The van der Waals surface area contributed by atoms with Crippen molar-refractivity contribution in [2.24, 2.45) is 11.8 Å². The van der Waals surface area contributed by atoms with Crippen LogP contribution in [-0.4, -0.2) is 43.0 Å². The van der Waals surface area contributed by atoms with Crippen LogP contribution in [0.25, 0.3) is 0 Å². The highest BCUT2D eigenvalue weighted by molar-refractivity contribution is 5.90. The maximum absolute atomic E-state index is 12.2. The van der Waals surface area contributed by atoms with E-state index in [9.17, 15) is 9.59 Å². The first-order valence-electron chi connectivity index (χ1n) is 8.77. The third-order valence-electron chi connectivity index (χ3n) is 5.34. The Balaban J connectivity index is 1.44. The lowest BCUT2D eigenvalue weighted by Crippen LogP contribution is -2.45. The number of piperidine rings is 1. The Morgan fingerprint density at radius 3 is 2.46 bits per heavy atom. The summed E-state index contributed by atoms with van der Waals surface area (Å²) in [5.74, 6) is -0.659. The van der Waals surface area contributed by atoms with Crippen molar-refractivity contribution >= 4 is 11.9 Å². The number of carbonyl (C=O) groups is 2. The third kappa shape index (κ3) is 3.78. The molecule has 24 heavy (non-hydrogen) atoms. The van der Waals surface area contributed by atoms with E-state index in [0.717, 1.165) is 25.9 Å². The van der Waals surface area contributed by atoms with Gasteiger partial charge in [-0.3, -0.25) is 14.5 Å². The van der Waals surface area contributed by atoms with E-state index in [4.69, 9.17) is 4.74 Å². The summed E-state index contributed by atoms with van der Waals surface area (Å²) in [6, 6.07) is 11.1. The largest absolute Gasteiger partial charge is 0.469 e. The Kier molecular flexibility index (Phi) is 5.19. The van der Waals surface area contributed by atoms with Gasteiger partial charge in [0.15, 0.2) is 0 Å². The Morgan fingerprint density at radius 2 is 1.83 bits per heavy atom. The molecule has 3 rings (SSSR count). The molecule has 1 N–H and O–H groups in total. The maximum atomic E-state index is 12.2. The molecule has 1 aliphatic carbocycles. The van der Waals surface area contributed by atoms with Gasteiger partial charge in [-0.1, -0.05) is 30.3 Å². The fourth-order valence-corrected chi connectivity index (χ4v) is 3.58. The summed E-state index contributed by atoms with van der Waals surface area (Å²) in [5.41, 5.74) is 1.33. The SMILES string of the molecule is COC(=O)[C@H]1C[C@@H]1C(=O)NC1CCN([C@H](C)c2ccccc2)CC1.